The fraction of sp³-hybridized carbons (Fsp3) is 0.130. The first-order chi connectivity index (χ1) is 15.5. The number of ether oxygens (including phenoxy) is 2. The van der Waals surface area contributed by atoms with E-state index < -0.39 is 10.8 Å². The zero-order valence-corrected chi connectivity index (χ0v) is 17.2. The van der Waals surface area contributed by atoms with Crippen LogP contribution < -0.4 is 14.9 Å². The summed E-state index contributed by atoms with van der Waals surface area (Å²) in [6.45, 7) is 3.83. The minimum absolute atomic E-state index is 0.0272. The maximum atomic E-state index is 12.4. The lowest BCUT2D eigenvalue weighted by molar-refractivity contribution is -0.384. The van der Waals surface area contributed by atoms with Crippen LogP contribution in [0.25, 0.3) is 11.0 Å². The molecule has 0 spiro atoms. The van der Waals surface area contributed by atoms with Gasteiger partial charge in [-0.15, -0.1) is 13.0 Å². The molecular formula is C23H19N3O6. The zero-order chi connectivity index (χ0) is 23.1. The van der Waals surface area contributed by atoms with E-state index in [-0.39, 0.29) is 18.1 Å². The molecule has 0 aliphatic heterocycles. The second kappa shape index (κ2) is 9.95. The van der Waals surface area contributed by atoms with Gasteiger partial charge in [-0.05, 0) is 36.2 Å². The molecule has 9 heteroatoms. The summed E-state index contributed by atoms with van der Waals surface area (Å²) in [5.74, 6) is 2.76. The number of carbonyl (C=O) groups is 1. The van der Waals surface area contributed by atoms with Crippen LogP contribution in [0.4, 0.5) is 5.69 Å². The summed E-state index contributed by atoms with van der Waals surface area (Å²) in [6.07, 6.45) is 8.93. The molecule has 0 atom stereocenters. The van der Waals surface area contributed by atoms with Crippen LogP contribution in [-0.4, -0.2) is 30.8 Å². The Morgan fingerprint density at radius 1 is 1.38 bits per heavy atom. The van der Waals surface area contributed by atoms with E-state index in [9.17, 15) is 14.9 Å². The average Bonchev–Trinajstić information content (AvgIpc) is 3.21. The number of fused-ring (bicyclic) bond motifs is 1. The van der Waals surface area contributed by atoms with Gasteiger partial charge in [0.1, 0.15) is 12.2 Å². The first-order valence-electron chi connectivity index (χ1n) is 9.36. The van der Waals surface area contributed by atoms with Crippen LogP contribution >= 0.6 is 0 Å². The van der Waals surface area contributed by atoms with Crippen molar-refractivity contribution in [3.8, 4) is 23.8 Å². The summed E-state index contributed by atoms with van der Waals surface area (Å²) in [7, 11) is 1.50. The zero-order valence-electron chi connectivity index (χ0n) is 17.2. The number of hydrogen-bond acceptors (Lipinski definition) is 7. The van der Waals surface area contributed by atoms with Crippen molar-refractivity contribution < 1.29 is 23.6 Å². The largest absolute Gasteiger partial charge is 0.493 e. The van der Waals surface area contributed by atoms with Crippen molar-refractivity contribution in [1.82, 2.24) is 5.43 Å². The van der Waals surface area contributed by atoms with Crippen LogP contribution in [0.2, 0.25) is 0 Å². The average molecular weight is 433 g/mol. The maximum absolute atomic E-state index is 12.4. The third-order valence-corrected chi connectivity index (χ3v) is 4.35. The molecule has 9 nitrogen and oxygen atoms in total. The van der Waals surface area contributed by atoms with Gasteiger partial charge in [0.2, 0.25) is 0 Å². The third-order valence-electron chi connectivity index (χ3n) is 4.35. The number of carbonyl (C=O) groups excluding carboxylic acids is 1. The molecule has 0 bridgehead atoms. The van der Waals surface area contributed by atoms with Gasteiger partial charge < -0.3 is 13.9 Å². The van der Waals surface area contributed by atoms with Gasteiger partial charge in [0.05, 0.1) is 18.2 Å². The van der Waals surface area contributed by atoms with E-state index >= 15 is 0 Å². The first-order valence-corrected chi connectivity index (χ1v) is 9.36. The highest BCUT2D eigenvalue weighted by atomic mass is 16.6. The summed E-state index contributed by atoms with van der Waals surface area (Å²) in [5, 5.41) is 15.3. The molecule has 0 saturated heterocycles. The summed E-state index contributed by atoms with van der Waals surface area (Å²) in [4.78, 5) is 22.7. The molecule has 0 fully saturated rings. The van der Waals surface area contributed by atoms with Crippen LogP contribution in [0.5, 0.6) is 11.5 Å². The van der Waals surface area contributed by atoms with Gasteiger partial charge in [0.15, 0.2) is 17.3 Å². The van der Waals surface area contributed by atoms with Crippen molar-refractivity contribution in [2.45, 2.75) is 6.42 Å². The van der Waals surface area contributed by atoms with Crippen molar-refractivity contribution in [3.05, 3.63) is 76.1 Å². The SMILES string of the molecule is C#CCOc1c(CC=C)cc(/C=N/NC(=O)c2cc3cc([N+](=O)[O-])ccc3o2)cc1OC. The molecule has 32 heavy (non-hydrogen) atoms. The summed E-state index contributed by atoms with van der Waals surface area (Å²) in [5.41, 5.74) is 4.06. The highest BCUT2D eigenvalue weighted by Gasteiger charge is 2.15. The van der Waals surface area contributed by atoms with Gasteiger partial charge in [-0.25, -0.2) is 5.43 Å². The second-order valence-corrected chi connectivity index (χ2v) is 6.49. The number of nitro benzene ring substituents is 1. The number of methoxy groups -OCH3 is 1. The fourth-order valence-corrected chi connectivity index (χ4v) is 2.97. The van der Waals surface area contributed by atoms with Gasteiger partial charge in [0, 0.05) is 23.1 Å². The molecular weight excluding hydrogens is 414 g/mol. The summed E-state index contributed by atoms with van der Waals surface area (Å²) >= 11 is 0. The molecule has 3 rings (SSSR count). The normalized spacial score (nSPS) is 10.6. The monoisotopic (exact) mass is 433 g/mol. The van der Waals surface area contributed by atoms with Crippen molar-refractivity contribution in [3.63, 3.8) is 0 Å². The van der Waals surface area contributed by atoms with E-state index in [0.717, 1.165) is 5.56 Å². The fourth-order valence-electron chi connectivity index (χ4n) is 2.97. The van der Waals surface area contributed by atoms with E-state index in [4.69, 9.17) is 20.3 Å². The van der Waals surface area contributed by atoms with Crippen molar-refractivity contribution in [2.75, 3.05) is 13.7 Å². The van der Waals surface area contributed by atoms with Crippen LogP contribution in [0.1, 0.15) is 21.7 Å². The van der Waals surface area contributed by atoms with E-state index in [1.165, 1.54) is 37.6 Å². The van der Waals surface area contributed by atoms with E-state index in [1.807, 2.05) is 6.07 Å². The Bertz CT molecular complexity index is 1250. The minimum Gasteiger partial charge on any atom is -0.493 e. The van der Waals surface area contributed by atoms with Crippen LogP contribution in [0, 0.1) is 22.5 Å². The molecule has 1 heterocycles. The Labute approximate surface area is 183 Å². The number of hydrogen-bond donors (Lipinski definition) is 1. The molecule has 1 amide bonds. The number of allylic oxidation sites excluding steroid dienone is 1. The standard InChI is InChI=1S/C23H19N3O6/c1-4-6-16-10-15(11-20(30-3)22(16)31-9-5-2)14-24-25-23(27)21-13-17-12-18(26(28)29)7-8-19(17)32-21/h2,4,7-8,10-14H,1,6,9H2,3H3,(H,25,27)/b24-14+. The number of nitro groups is 1. The maximum Gasteiger partial charge on any atom is 0.307 e. The number of nitrogens with zero attached hydrogens (tertiary/aromatic N) is 2. The van der Waals surface area contributed by atoms with Gasteiger partial charge in [-0.2, -0.15) is 5.10 Å². The molecule has 0 unspecified atom stereocenters. The number of furan rings is 1. The van der Waals surface area contributed by atoms with Crippen molar-refractivity contribution in [1.29, 1.82) is 0 Å². The molecule has 3 aromatic rings. The lowest BCUT2D eigenvalue weighted by Gasteiger charge is -2.14. The van der Waals surface area contributed by atoms with Gasteiger partial charge in [-0.3, -0.25) is 14.9 Å². The van der Waals surface area contributed by atoms with Crippen LogP contribution in [0.15, 0.2) is 58.6 Å². The molecule has 0 radical (unpaired) electrons. The Morgan fingerprint density at radius 2 is 2.19 bits per heavy atom. The summed E-state index contributed by atoms with van der Waals surface area (Å²) < 4.78 is 16.4. The molecule has 1 aromatic heterocycles. The lowest BCUT2D eigenvalue weighted by Crippen LogP contribution is -2.16. The van der Waals surface area contributed by atoms with Crippen molar-refractivity contribution >= 4 is 28.8 Å². The van der Waals surface area contributed by atoms with E-state index in [1.54, 1.807) is 12.1 Å². The molecule has 0 aliphatic carbocycles. The van der Waals surface area contributed by atoms with E-state index in [2.05, 4.69) is 23.0 Å². The number of hydrazone groups is 1. The Balaban J connectivity index is 1.78. The molecule has 1 N–H and O–H groups in total. The lowest BCUT2D eigenvalue weighted by atomic mass is 10.1. The molecule has 2 aromatic carbocycles. The predicted molar refractivity (Wildman–Crippen MR) is 119 cm³/mol. The smallest absolute Gasteiger partial charge is 0.307 e. The second-order valence-electron chi connectivity index (χ2n) is 6.49. The van der Waals surface area contributed by atoms with Gasteiger partial charge in [-0.1, -0.05) is 12.0 Å². The number of rotatable bonds is 9. The number of terminal acetylenes is 1. The number of nitrogens with one attached hydrogen (secondary N) is 1. The number of non-ortho nitro benzene ring substituents is 1. The number of amides is 1. The summed E-state index contributed by atoms with van der Waals surface area (Å²) in [6, 6.07) is 8.98. The van der Waals surface area contributed by atoms with Crippen molar-refractivity contribution in [2.24, 2.45) is 5.10 Å². The molecule has 162 valence electrons. The topological polar surface area (TPSA) is 116 Å². The Hall–Kier alpha value is -4.58. The highest BCUT2D eigenvalue weighted by Crippen LogP contribution is 2.33. The molecule has 0 saturated carbocycles. The minimum atomic E-state index is -0.604. The van der Waals surface area contributed by atoms with Crippen LogP contribution in [0.3, 0.4) is 0 Å². The molecule has 0 aliphatic rings. The van der Waals surface area contributed by atoms with Gasteiger partial charge >= 0.3 is 5.91 Å². The highest BCUT2D eigenvalue weighted by molar-refractivity contribution is 5.97. The first kappa shape index (κ1) is 22.1. The number of benzene rings is 2. The third kappa shape index (κ3) is 4.94. The van der Waals surface area contributed by atoms with E-state index in [0.29, 0.717) is 34.5 Å². The van der Waals surface area contributed by atoms with Crippen LogP contribution in [-0.2, 0) is 6.42 Å². The Morgan fingerprint density at radius 3 is 2.88 bits per heavy atom. The Kier molecular flexibility index (Phi) is 6.88. The van der Waals surface area contributed by atoms with Gasteiger partial charge in [0.25, 0.3) is 5.69 Å². The quantitative estimate of drug-likeness (QED) is 0.180. The predicted octanol–water partition coefficient (Wildman–Crippen LogP) is 3.85.